The molecule has 15 heavy (non-hydrogen) atoms. The van der Waals surface area contributed by atoms with E-state index in [1.807, 2.05) is 27.7 Å². The topological polar surface area (TPSA) is 3.24 Å². The van der Waals surface area contributed by atoms with Gasteiger partial charge in [-0.3, -0.25) is 4.90 Å². The molecule has 1 nitrogen and oxygen atoms in total. The molecule has 0 aromatic rings. The van der Waals surface area contributed by atoms with Gasteiger partial charge in [-0.05, 0) is 32.2 Å². The Morgan fingerprint density at radius 3 is 2.33 bits per heavy atom. The molecule has 2 aliphatic rings. The first-order valence-electron chi connectivity index (χ1n) is 6.66. The van der Waals surface area contributed by atoms with Crippen LogP contribution in [-0.2, 0) is 0 Å². The molecule has 0 amide bonds. The summed E-state index contributed by atoms with van der Waals surface area (Å²) in [6.07, 6.45) is 3.89. The fraction of sp³-hybridized carbons (Fsp3) is 1.00. The summed E-state index contributed by atoms with van der Waals surface area (Å²) >= 11 is 0. The van der Waals surface area contributed by atoms with Gasteiger partial charge in [0.1, 0.15) is 6.17 Å². The molecule has 2 saturated heterocycles. The number of alkyl halides is 1. The van der Waals surface area contributed by atoms with Crippen LogP contribution in [0.5, 0.6) is 0 Å². The summed E-state index contributed by atoms with van der Waals surface area (Å²) in [6, 6.07) is 0. The average Bonchev–Trinajstić information content (AvgIpc) is 2.80. The summed E-state index contributed by atoms with van der Waals surface area (Å²) in [6.45, 7) is 12.0. The van der Waals surface area contributed by atoms with Crippen molar-refractivity contribution in [1.82, 2.24) is 4.90 Å². The smallest absolute Gasteiger partial charge is 0.115 e. The Labute approximate surface area is 95.0 Å². The summed E-state index contributed by atoms with van der Waals surface area (Å²) in [5.41, 5.74) is 0.277. The third kappa shape index (κ3) is 3.17. The predicted octanol–water partition coefficient (Wildman–Crippen LogP) is 4.03. The van der Waals surface area contributed by atoms with E-state index in [0.29, 0.717) is 6.54 Å². The molecule has 0 unspecified atom stereocenters. The minimum absolute atomic E-state index is 0.277. The van der Waals surface area contributed by atoms with Crippen LogP contribution >= 0.6 is 0 Å². The molecule has 92 valence electrons. The van der Waals surface area contributed by atoms with Gasteiger partial charge in [-0.1, -0.05) is 34.6 Å². The average molecular weight is 217 g/mol. The van der Waals surface area contributed by atoms with E-state index >= 15 is 0 Å². The molecule has 2 aliphatic heterocycles. The molecule has 0 bridgehead atoms. The molecule has 2 atom stereocenters. The summed E-state index contributed by atoms with van der Waals surface area (Å²) in [4.78, 5) is 2.36. The van der Waals surface area contributed by atoms with Gasteiger partial charge in [-0.2, -0.15) is 0 Å². The largest absolute Gasteiger partial charge is 0.295 e. The molecule has 0 spiro atoms. The second-order valence-electron chi connectivity index (χ2n) is 3.93. The van der Waals surface area contributed by atoms with Crippen molar-refractivity contribution in [2.45, 2.75) is 72.0 Å². The number of nitrogens with zero attached hydrogens (tertiary/aromatic N) is 1. The highest BCUT2D eigenvalue weighted by atomic mass is 19.1. The predicted molar refractivity (Wildman–Crippen MR) is 66.0 cm³/mol. The molecule has 2 rings (SSSR count). The van der Waals surface area contributed by atoms with Crippen LogP contribution in [-0.4, -0.2) is 29.7 Å². The third-order valence-corrected chi connectivity index (χ3v) is 3.42. The zero-order valence-electron chi connectivity index (χ0n) is 11.1. The molecule has 2 fully saturated rings. The lowest BCUT2D eigenvalue weighted by Gasteiger charge is -2.29. The van der Waals surface area contributed by atoms with Crippen molar-refractivity contribution in [2.24, 2.45) is 0 Å². The van der Waals surface area contributed by atoms with E-state index in [4.69, 9.17) is 0 Å². The van der Waals surface area contributed by atoms with Gasteiger partial charge in [-0.25, -0.2) is 4.39 Å². The van der Waals surface area contributed by atoms with Crippen LogP contribution in [0.2, 0.25) is 0 Å². The normalized spacial score (nSPS) is 33.6. The van der Waals surface area contributed by atoms with Gasteiger partial charge in [0.2, 0.25) is 0 Å². The lowest BCUT2D eigenvalue weighted by molar-refractivity contribution is 0.189. The van der Waals surface area contributed by atoms with Crippen LogP contribution in [0.15, 0.2) is 0 Å². The van der Waals surface area contributed by atoms with Crippen LogP contribution in [0.4, 0.5) is 4.39 Å². The Balaban J connectivity index is 0.000000442. The molecule has 0 aromatic carbocycles. The minimum Gasteiger partial charge on any atom is -0.295 e. The maximum absolute atomic E-state index is 13.0. The van der Waals surface area contributed by atoms with E-state index < -0.39 is 6.17 Å². The van der Waals surface area contributed by atoms with Crippen LogP contribution in [0.25, 0.3) is 0 Å². The van der Waals surface area contributed by atoms with Crippen molar-refractivity contribution in [1.29, 1.82) is 0 Å². The summed E-state index contributed by atoms with van der Waals surface area (Å²) < 4.78 is 13.0. The highest BCUT2D eigenvalue weighted by Crippen LogP contribution is 2.41. The zero-order chi connectivity index (χ0) is 11.9. The Hall–Kier alpha value is -0.110. The molecule has 0 aromatic heterocycles. The monoisotopic (exact) mass is 217 g/mol. The number of halogens is 1. The lowest BCUT2D eigenvalue weighted by atomic mass is 9.91. The highest BCUT2D eigenvalue weighted by Gasteiger charge is 2.46. The Kier molecular flexibility index (Phi) is 7.16. The molecule has 2 heteroatoms. The van der Waals surface area contributed by atoms with Crippen molar-refractivity contribution < 1.29 is 4.39 Å². The third-order valence-electron chi connectivity index (χ3n) is 3.42. The van der Waals surface area contributed by atoms with Crippen molar-refractivity contribution in [2.75, 3.05) is 13.1 Å². The quantitative estimate of drug-likeness (QED) is 0.641. The van der Waals surface area contributed by atoms with E-state index in [2.05, 4.69) is 11.8 Å². The van der Waals surface area contributed by atoms with E-state index in [-0.39, 0.29) is 5.54 Å². The van der Waals surface area contributed by atoms with Gasteiger partial charge >= 0.3 is 0 Å². The van der Waals surface area contributed by atoms with Gasteiger partial charge in [0.05, 0.1) is 0 Å². The van der Waals surface area contributed by atoms with Crippen LogP contribution in [0.1, 0.15) is 60.3 Å². The van der Waals surface area contributed by atoms with Gasteiger partial charge in [0.15, 0.2) is 0 Å². The first-order valence-corrected chi connectivity index (χ1v) is 6.66. The van der Waals surface area contributed by atoms with Crippen molar-refractivity contribution in [3.05, 3.63) is 0 Å². The summed E-state index contributed by atoms with van der Waals surface area (Å²) in [5, 5.41) is 0. The Bertz CT molecular complexity index is 161. The van der Waals surface area contributed by atoms with Crippen molar-refractivity contribution in [3.63, 3.8) is 0 Å². The Morgan fingerprint density at radius 1 is 1.27 bits per heavy atom. The second-order valence-corrected chi connectivity index (χ2v) is 3.93. The van der Waals surface area contributed by atoms with Gasteiger partial charge in [0, 0.05) is 12.1 Å². The molecular formula is C13H28FN. The molecule has 0 saturated carbocycles. The number of fused-ring (bicyclic) bond motifs is 1. The summed E-state index contributed by atoms with van der Waals surface area (Å²) in [5.74, 6) is 0. The standard InChI is InChI=1S/C9H16FN.2C2H6/c1-2-9-4-3-5-11(9)7-8(10)6-9;2*1-2/h8H,2-7H2,1H3;2*1-2H3/t8-,9+;;/m1../s1. The van der Waals surface area contributed by atoms with Crippen molar-refractivity contribution in [3.8, 4) is 0 Å². The van der Waals surface area contributed by atoms with E-state index in [1.165, 1.54) is 12.8 Å². The zero-order valence-corrected chi connectivity index (χ0v) is 11.1. The fourth-order valence-electron chi connectivity index (χ4n) is 2.77. The summed E-state index contributed by atoms with van der Waals surface area (Å²) in [7, 11) is 0. The SMILES string of the molecule is CC.CC.CC[C@@]12CCCN1C[C@H](F)C2. The lowest BCUT2D eigenvalue weighted by Crippen LogP contribution is -2.37. The molecule has 0 N–H and O–H groups in total. The Morgan fingerprint density at radius 2 is 1.87 bits per heavy atom. The van der Waals surface area contributed by atoms with E-state index in [0.717, 1.165) is 19.4 Å². The van der Waals surface area contributed by atoms with Gasteiger partial charge < -0.3 is 0 Å². The maximum Gasteiger partial charge on any atom is 0.115 e. The number of hydrogen-bond acceptors (Lipinski definition) is 1. The minimum atomic E-state index is -0.546. The van der Waals surface area contributed by atoms with Crippen molar-refractivity contribution >= 4 is 0 Å². The first-order chi connectivity index (χ1) is 7.27. The van der Waals surface area contributed by atoms with E-state index in [9.17, 15) is 4.39 Å². The van der Waals surface area contributed by atoms with Gasteiger partial charge in [0.25, 0.3) is 0 Å². The number of rotatable bonds is 1. The van der Waals surface area contributed by atoms with Crippen LogP contribution < -0.4 is 0 Å². The second kappa shape index (κ2) is 7.21. The number of hydrogen-bond donors (Lipinski definition) is 0. The van der Waals surface area contributed by atoms with Gasteiger partial charge in [-0.15, -0.1) is 0 Å². The maximum atomic E-state index is 13.0. The molecule has 0 aliphatic carbocycles. The van der Waals surface area contributed by atoms with E-state index in [1.54, 1.807) is 0 Å². The van der Waals surface area contributed by atoms with Crippen LogP contribution in [0, 0.1) is 0 Å². The fourth-order valence-corrected chi connectivity index (χ4v) is 2.77. The molecule has 0 radical (unpaired) electrons. The first kappa shape index (κ1) is 14.9. The highest BCUT2D eigenvalue weighted by molar-refractivity contribution is 5.02. The molecule has 2 heterocycles. The molecular weight excluding hydrogens is 189 g/mol. The van der Waals surface area contributed by atoms with Crippen LogP contribution in [0.3, 0.4) is 0 Å².